The summed E-state index contributed by atoms with van der Waals surface area (Å²) in [7, 11) is 0. The molecular formula is C18H17N5O3S. The van der Waals surface area contributed by atoms with E-state index in [1.54, 1.807) is 24.3 Å². The molecule has 1 aromatic carbocycles. The zero-order valence-electron chi connectivity index (χ0n) is 14.4. The molecule has 1 aliphatic carbocycles. The maximum Gasteiger partial charge on any atom is 0.267 e. The number of ether oxygens (including phenoxy) is 1. The fraction of sp³-hybridized carbons (Fsp3) is 0.389. The third-order valence-corrected chi connectivity index (χ3v) is 5.74. The third kappa shape index (κ3) is 2.92. The van der Waals surface area contributed by atoms with Crippen molar-refractivity contribution >= 4 is 28.7 Å². The van der Waals surface area contributed by atoms with E-state index in [1.165, 1.54) is 4.68 Å². The zero-order valence-corrected chi connectivity index (χ0v) is 15.2. The number of nitrogens with one attached hydrogen (secondary N) is 1. The Kier molecular flexibility index (Phi) is 3.98. The number of aryl methyl sites for hydroxylation is 2. The van der Waals surface area contributed by atoms with E-state index in [4.69, 9.17) is 4.74 Å². The van der Waals surface area contributed by atoms with Crippen LogP contribution in [0.1, 0.15) is 34.1 Å². The van der Waals surface area contributed by atoms with Crippen molar-refractivity contribution in [2.75, 3.05) is 13.2 Å². The summed E-state index contributed by atoms with van der Waals surface area (Å²) in [6, 6.07) is 6.28. The van der Waals surface area contributed by atoms with Crippen molar-refractivity contribution < 1.29 is 9.53 Å². The summed E-state index contributed by atoms with van der Waals surface area (Å²) in [6.45, 7) is 0.702. The molecule has 1 N–H and O–H groups in total. The Hall–Kier alpha value is -2.65. The van der Waals surface area contributed by atoms with Gasteiger partial charge < -0.3 is 10.1 Å². The quantitative estimate of drug-likeness (QED) is 0.727. The van der Waals surface area contributed by atoms with Gasteiger partial charge >= 0.3 is 0 Å². The summed E-state index contributed by atoms with van der Waals surface area (Å²) in [5.74, 6) is -0.223. The van der Waals surface area contributed by atoms with Crippen LogP contribution in [-0.4, -0.2) is 43.7 Å². The Balaban J connectivity index is 1.40. The number of rotatable bonds is 3. The highest BCUT2D eigenvalue weighted by Crippen LogP contribution is 2.22. The molecule has 5 rings (SSSR count). The molecule has 1 saturated heterocycles. The van der Waals surface area contributed by atoms with Gasteiger partial charge in [-0.25, -0.2) is 4.68 Å². The van der Waals surface area contributed by atoms with E-state index in [-0.39, 0.29) is 23.6 Å². The average molecular weight is 383 g/mol. The van der Waals surface area contributed by atoms with Crippen LogP contribution in [0, 0.1) is 0 Å². The molecule has 2 aliphatic rings. The Morgan fingerprint density at radius 3 is 3.00 bits per heavy atom. The van der Waals surface area contributed by atoms with E-state index < -0.39 is 0 Å². The molecule has 0 saturated carbocycles. The third-order valence-electron chi connectivity index (χ3n) is 5.18. The predicted octanol–water partition coefficient (Wildman–Crippen LogP) is 1.11. The summed E-state index contributed by atoms with van der Waals surface area (Å²) in [6.07, 6.45) is 2.83. The van der Waals surface area contributed by atoms with Crippen molar-refractivity contribution in [3.05, 3.63) is 51.4 Å². The molecule has 3 heterocycles. The molecule has 2 aromatic heterocycles. The van der Waals surface area contributed by atoms with Gasteiger partial charge in [0.15, 0.2) is 0 Å². The number of carbonyl (C=O) groups excluding carboxylic acids is 1. The second-order valence-corrected chi connectivity index (χ2v) is 7.43. The van der Waals surface area contributed by atoms with Gasteiger partial charge in [0.05, 0.1) is 36.7 Å². The smallest absolute Gasteiger partial charge is 0.267 e. The fourth-order valence-corrected chi connectivity index (χ4v) is 4.27. The van der Waals surface area contributed by atoms with Crippen LogP contribution in [0.5, 0.6) is 0 Å². The molecule has 0 radical (unpaired) electrons. The van der Waals surface area contributed by atoms with E-state index in [0.29, 0.717) is 24.3 Å². The number of benzene rings is 1. The first kappa shape index (κ1) is 16.5. The number of aromatic nitrogens is 4. The summed E-state index contributed by atoms with van der Waals surface area (Å²) in [4.78, 5) is 25.2. The molecule has 2 unspecified atom stereocenters. The molecule has 0 spiro atoms. The molecule has 1 amide bonds. The molecule has 8 nitrogen and oxygen atoms in total. The van der Waals surface area contributed by atoms with E-state index in [1.807, 2.05) is 0 Å². The topological polar surface area (TPSA) is 99.0 Å². The SMILES string of the molecule is O=C(NC1COCC1n1nc2c(cc1=O)CCC2)c1ccc2nsnc2c1. The summed E-state index contributed by atoms with van der Waals surface area (Å²) >= 11 is 1.12. The maximum absolute atomic E-state index is 12.7. The largest absolute Gasteiger partial charge is 0.377 e. The van der Waals surface area contributed by atoms with Crippen molar-refractivity contribution in [2.45, 2.75) is 31.3 Å². The highest BCUT2D eigenvalue weighted by atomic mass is 32.1. The lowest BCUT2D eigenvalue weighted by Crippen LogP contribution is -2.44. The second-order valence-electron chi connectivity index (χ2n) is 6.91. The zero-order chi connectivity index (χ0) is 18.4. The van der Waals surface area contributed by atoms with Crippen LogP contribution in [0.4, 0.5) is 0 Å². The van der Waals surface area contributed by atoms with E-state index in [2.05, 4.69) is 19.2 Å². The highest BCUT2D eigenvalue weighted by molar-refractivity contribution is 7.00. The van der Waals surface area contributed by atoms with Crippen LogP contribution in [0.3, 0.4) is 0 Å². The van der Waals surface area contributed by atoms with Crippen molar-refractivity contribution in [2.24, 2.45) is 0 Å². The van der Waals surface area contributed by atoms with Crippen molar-refractivity contribution in [1.29, 1.82) is 0 Å². The van der Waals surface area contributed by atoms with Gasteiger partial charge in [-0.2, -0.15) is 13.8 Å². The lowest BCUT2D eigenvalue weighted by Gasteiger charge is -2.21. The van der Waals surface area contributed by atoms with Crippen molar-refractivity contribution in [1.82, 2.24) is 23.8 Å². The van der Waals surface area contributed by atoms with Crippen LogP contribution < -0.4 is 10.9 Å². The lowest BCUT2D eigenvalue weighted by atomic mass is 10.1. The molecule has 1 fully saturated rings. The Morgan fingerprint density at radius 1 is 1.19 bits per heavy atom. The summed E-state index contributed by atoms with van der Waals surface area (Å²) in [5, 5.41) is 7.54. The van der Waals surface area contributed by atoms with Crippen LogP contribution in [0.25, 0.3) is 11.0 Å². The highest BCUT2D eigenvalue weighted by Gasteiger charge is 2.33. The van der Waals surface area contributed by atoms with Gasteiger partial charge in [0.1, 0.15) is 17.1 Å². The minimum atomic E-state index is -0.314. The number of nitrogens with zero attached hydrogens (tertiary/aromatic N) is 4. The first-order valence-corrected chi connectivity index (χ1v) is 9.64. The molecule has 3 aromatic rings. The first-order valence-electron chi connectivity index (χ1n) is 8.91. The van der Waals surface area contributed by atoms with Gasteiger partial charge in [-0.1, -0.05) is 0 Å². The molecule has 138 valence electrons. The number of fused-ring (bicyclic) bond motifs is 2. The summed E-state index contributed by atoms with van der Waals surface area (Å²) in [5.41, 5.74) is 3.86. The van der Waals surface area contributed by atoms with E-state index in [9.17, 15) is 9.59 Å². The molecule has 0 bridgehead atoms. The van der Waals surface area contributed by atoms with Crippen LogP contribution in [0.2, 0.25) is 0 Å². The predicted molar refractivity (Wildman–Crippen MR) is 99.0 cm³/mol. The standard InChI is InChI=1S/C18H17N5O3S/c24-17-7-10-2-1-3-12(10)20-23(17)16-9-26-8-15(16)19-18(25)11-4-5-13-14(6-11)22-27-21-13/h4-7,15-16H,1-3,8-9H2,(H,19,25). The minimum Gasteiger partial charge on any atom is -0.377 e. The molecule has 9 heteroatoms. The van der Waals surface area contributed by atoms with E-state index >= 15 is 0 Å². The first-order chi connectivity index (χ1) is 13.2. The normalized spacial score (nSPS) is 21.5. The Morgan fingerprint density at radius 2 is 2.07 bits per heavy atom. The van der Waals surface area contributed by atoms with Gasteiger partial charge in [0, 0.05) is 11.6 Å². The Labute approximate surface area is 158 Å². The second kappa shape index (κ2) is 6.50. The van der Waals surface area contributed by atoms with Gasteiger partial charge in [-0.3, -0.25) is 9.59 Å². The minimum absolute atomic E-state index is 0.139. The van der Waals surface area contributed by atoms with Gasteiger partial charge in [-0.15, -0.1) is 0 Å². The Bertz CT molecular complexity index is 1090. The summed E-state index contributed by atoms with van der Waals surface area (Å²) < 4.78 is 15.4. The van der Waals surface area contributed by atoms with Crippen LogP contribution >= 0.6 is 11.7 Å². The molecule has 2 atom stereocenters. The number of carbonyl (C=O) groups is 1. The van der Waals surface area contributed by atoms with Crippen molar-refractivity contribution in [3.8, 4) is 0 Å². The fourth-order valence-electron chi connectivity index (χ4n) is 3.75. The van der Waals surface area contributed by atoms with Gasteiger partial charge in [-0.05, 0) is 43.0 Å². The van der Waals surface area contributed by atoms with Gasteiger partial charge in [0.2, 0.25) is 0 Å². The number of amides is 1. The molecule has 1 aliphatic heterocycles. The molecular weight excluding hydrogens is 366 g/mol. The van der Waals surface area contributed by atoms with Crippen molar-refractivity contribution in [3.63, 3.8) is 0 Å². The van der Waals surface area contributed by atoms with Crippen LogP contribution in [0.15, 0.2) is 29.1 Å². The number of hydrogen-bond donors (Lipinski definition) is 1. The average Bonchev–Trinajstić information content (AvgIpc) is 3.40. The lowest BCUT2D eigenvalue weighted by molar-refractivity contribution is 0.0924. The maximum atomic E-state index is 12.7. The van der Waals surface area contributed by atoms with E-state index in [0.717, 1.165) is 47.8 Å². The van der Waals surface area contributed by atoms with Crippen LogP contribution in [-0.2, 0) is 17.6 Å². The molecule has 27 heavy (non-hydrogen) atoms. The number of hydrogen-bond acceptors (Lipinski definition) is 7. The van der Waals surface area contributed by atoms with Gasteiger partial charge in [0.25, 0.3) is 11.5 Å². The monoisotopic (exact) mass is 383 g/mol.